The number of rotatable bonds is 4. The van der Waals surface area contributed by atoms with Gasteiger partial charge < -0.3 is 14.5 Å². The summed E-state index contributed by atoms with van der Waals surface area (Å²) >= 11 is 7.06. The summed E-state index contributed by atoms with van der Waals surface area (Å²) in [5.74, 6) is 0.418. The number of nitrogens with one attached hydrogen (secondary N) is 1. The number of hydrogen-bond acceptors (Lipinski definition) is 6. The zero-order chi connectivity index (χ0) is 14.8. The number of ether oxygens (including phenoxy) is 1. The number of hydrogen-bond donors (Lipinski definition) is 1. The summed E-state index contributed by atoms with van der Waals surface area (Å²) in [7, 11) is 1.56. The van der Waals surface area contributed by atoms with Crippen LogP contribution in [0.25, 0.3) is 11.0 Å². The molecule has 0 radical (unpaired) electrons. The molecule has 0 saturated carbocycles. The third-order valence-corrected chi connectivity index (χ3v) is 3.62. The van der Waals surface area contributed by atoms with E-state index in [1.54, 1.807) is 31.4 Å². The molecule has 0 aliphatic carbocycles. The Balaban J connectivity index is 1.85. The Morgan fingerprint density at radius 2 is 2.14 bits per heavy atom. The molecule has 0 fully saturated rings. The topological polar surface area (TPSA) is 77.2 Å². The predicted octanol–water partition coefficient (Wildman–Crippen LogP) is 3.34. The van der Waals surface area contributed by atoms with E-state index in [0.717, 1.165) is 11.7 Å². The van der Waals surface area contributed by atoms with Gasteiger partial charge in [-0.15, -0.1) is 0 Å². The molecule has 1 N–H and O–H groups in total. The van der Waals surface area contributed by atoms with Gasteiger partial charge in [0.2, 0.25) is 0 Å². The van der Waals surface area contributed by atoms with Crippen molar-refractivity contribution in [2.75, 3.05) is 12.4 Å². The molecule has 0 aliphatic rings. The number of aromatic nitrogens is 2. The number of nitrogens with zero attached hydrogens (tertiary/aromatic N) is 2. The van der Waals surface area contributed by atoms with Crippen molar-refractivity contribution in [3.05, 3.63) is 40.8 Å². The molecule has 3 rings (SSSR count). The molecule has 0 unspecified atom stereocenters. The molecule has 8 heteroatoms. The number of anilines is 1. The molecular formula is C13H10ClN3O3S. The van der Waals surface area contributed by atoms with E-state index in [4.69, 9.17) is 20.8 Å². The van der Waals surface area contributed by atoms with Crippen LogP contribution in [0.2, 0.25) is 5.02 Å². The largest absolute Gasteiger partial charge is 0.453 e. The van der Waals surface area contributed by atoms with Crippen molar-refractivity contribution in [1.82, 2.24) is 8.75 Å². The molecular weight excluding hydrogens is 314 g/mol. The van der Waals surface area contributed by atoms with E-state index in [0.29, 0.717) is 34.1 Å². The second-order valence-electron chi connectivity index (χ2n) is 4.21. The minimum absolute atomic E-state index is 0.202. The van der Waals surface area contributed by atoms with Gasteiger partial charge in [0.15, 0.2) is 5.76 Å². The first-order valence-electron chi connectivity index (χ1n) is 5.99. The van der Waals surface area contributed by atoms with Gasteiger partial charge in [-0.1, -0.05) is 11.6 Å². The van der Waals surface area contributed by atoms with Gasteiger partial charge in [0, 0.05) is 7.11 Å². The van der Waals surface area contributed by atoms with Crippen LogP contribution in [0.5, 0.6) is 0 Å². The standard InChI is InChI=1S/C13H10ClN3O3S/c1-19-6-7-2-5-10(20-7)13(18)15-9-4-3-8(14)11-12(9)17-21-16-11/h2-5H,6H2,1H3,(H,15,18). The molecule has 1 aromatic carbocycles. The van der Waals surface area contributed by atoms with Gasteiger partial charge in [-0.25, -0.2) is 0 Å². The summed E-state index contributed by atoms with van der Waals surface area (Å²) in [5.41, 5.74) is 1.67. The summed E-state index contributed by atoms with van der Waals surface area (Å²) in [6.07, 6.45) is 0. The average Bonchev–Trinajstić information content (AvgIpc) is 3.11. The van der Waals surface area contributed by atoms with E-state index in [2.05, 4.69) is 14.1 Å². The van der Waals surface area contributed by atoms with Gasteiger partial charge in [-0.2, -0.15) is 8.75 Å². The molecule has 0 aliphatic heterocycles. The van der Waals surface area contributed by atoms with E-state index in [1.165, 1.54) is 0 Å². The number of amides is 1. The fourth-order valence-corrected chi connectivity index (χ4v) is 2.66. The van der Waals surface area contributed by atoms with Crippen molar-refractivity contribution in [1.29, 1.82) is 0 Å². The molecule has 108 valence electrons. The van der Waals surface area contributed by atoms with Crippen LogP contribution in [-0.2, 0) is 11.3 Å². The fraction of sp³-hybridized carbons (Fsp3) is 0.154. The molecule has 21 heavy (non-hydrogen) atoms. The van der Waals surface area contributed by atoms with Crippen LogP contribution in [0.1, 0.15) is 16.3 Å². The Morgan fingerprint density at radius 3 is 2.95 bits per heavy atom. The first-order valence-corrected chi connectivity index (χ1v) is 7.09. The van der Waals surface area contributed by atoms with E-state index < -0.39 is 0 Å². The summed E-state index contributed by atoms with van der Waals surface area (Å²) in [6, 6.07) is 6.64. The fourth-order valence-electron chi connectivity index (χ4n) is 1.84. The van der Waals surface area contributed by atoms with E-state index in [-0.39, 0.29) is 11.7 Å². The quantitative estimate of drug-likeness (QED) is 0.796. The van der Waals surface area contributed by atoms with Crippen LogP contribution >= 0.6 is 23.3 Å². The smallest absolute Gasteiger partial charge is 0.291 e. The van der Waals surface area contributed by atoms with E-state index in [9.17, 15) is 4.79 Å². The van der Waals surface area contributed by atoms with Crippen molar-refractivity contribution >= 4 is 46.0 Å². The Kier molecular flexibility index (Phi) is 3.87. The SMILES string of the molecule is COCc1ccc(C(=O)Nc2ccc(Cl)c3nsnc23)o1. The maximum atomic E-state index is 12.2. The molecule has 1 amide bonds. The first kappa shape index (κ1) is 14.0. The van der Waals surface area contributed by atoms with Gasteiger partial charge in [0.1, 0.15) is 23.4 Å². The minimum atomic E-state index is -0.367. The molecule has 0 spiro atoms. The van der Waals surface area contributed by atoms with Gasteiger partial charge in [-0.3, -0.25) is 4.79 Å². The summed E-state index contributed by atoms with van der Waals surface area (Å²) < 4.78 is 18.6. The lowest BCUT2D eigenvalue weighted by molar-refractivity contribution is 0.0987. The number of carbonyl (C=O) groups excluding carboxylic acids is 1. The molecule has 3 aromatic rings. The van der Waals surface area contributed by atoms with Crippen molar-refractivity contribution in [2.24, 2.45) is 0 Å². The minimum Gasteiger partial charge on any atom is -0.453 e. The number of methoxy groups -OCH3 is 1. The maximum Gasteiger partial charge on any atom is 0.291 e. The number of furan rings is 1. The van der Waals surface area contributed by atoms with Crippen LogP contribution < -0.4 is 5.32 Å². The van der Waals surface area contributed by atoms with E-state index in [1.807, 2.05) is 0 Å². The van der Waals surface area contributed by atoms with Crippen LogP contribution in [0, 0.1) is 0 Å². The normalized spacial score (nSPS) is 11.0. The highest BCUT2D eigenvalue weighted by molar-refractivity contribution is 7.00. The molecule has 2 aromatic heterocycles. The number of fused-ring (bicyclic) bond motifs is 1. The molecule has 0 bridgehead atoms. The average molecular weight is 324 g/mol. The van der Waals surface area contributed by atoms with Crippen LogP contribution in [0.15, 0.2) is 28.7 Å². The van der Waals surface area contributed by atoms with Gasteiger partial charge in [-0.05, 0) is 24.3 Å². The van der Waals surface area contributed by atoms with Crippen LogP contribution in [0.4, 0.5) is 5.69 Å². The van der Waals surface area contributed by atoms with Crippen molar-refractivity contribution < 1.29 is 13.9 Å². The second kappa shape index (κ2) is 5.80. The third kappa shape index (κ3) is 2.76. The highest BCUT2D eigenvalue weighted by atomic mass is 35.5. The molecule has 0 atom stereocenters. The Hall–Kier alpha value is -1.96. The van der Waals surface area contributed by atoms with Crippen LogP contribution in [-0.4, -0.2) is 21.8 Å². The van der Waals surface area contributed by atoms with Crippen molar-refractivity contribution in [2.45, 2.75) is 6.61 Å². The highest BCUT2D eigenvalue weighted by Gasteiger charge is 2.15. The maximum absolute atomic E-state index is 12.2. The van der Waals surface area contributed by atoms with Crippen LogP contribution in [0.3, 0.4) is 0 Å². The highest BCUT2D eigenvalue weighted by Crippen LogP contribution is 2.28. The Morgan fingerprint density at radius 1 is 1.33 bits per heavy atom. The van der Waals surface area contributed by atoms with E-state index >= 15 is 0 Å². The number of benzene rings is 1. The summed E-state index contributed by atoms with van der Waals surface area (Å²) in [5, 5.41) is 3.24. The lowest BCUT2D eigenvalue weighted by atomic mass is 10.2. The van der Waals surface area contributed by atoms with Gasteiger partial charge >= 0.3 is 0 Å². The predicted molar refractivity (Wildman–Crippen MR) is 79.8 cm³/mol. The van der Waals surface area contributed by atoms with Gasteiger partial charge in [0.25, 0.3) is 5.91 Å². The zero-order valence-electron chi connectivity index (χ0n) is 10.9. The monoisotopic (exact) mass is 323 g/mol. The van der Waals surface area contributed by atoms with Gasteiger partial charge in [0.05, 0.1) is 22.4 Å². The van der Waals surface area contributed by atoms with Crippen molar-refractivity contribution in [3.8, 4) is 0 Å². The third-order valence-electron chi connectivity index (χ3n) is 2.79. The second-order valence-corrected chi connectivity index (χ2v) is 5.15. The lowest BCUT2D eigenvalue weighted by Gasteiger charge is -2.04. The molecule has 0 saturated heterocycles. The summed E-state index contributed by atoms with van der Waals surface area (Å²) in [4.78, 5) is 12.2. The molecule has 2 heterocycles. The van der Waals surface area contributed by atoms with Crippen molar-refractivity contribution in [3.63, 3.8) is 0 Å². The number of halogens is 1. The first-order chi connectivity index (χ1) is 10.2. The molecule has 6 nitrogen and oxygen atoms in total. The zero-order valence-corrected chi connectivity index (χ0v) is 12.5. The lowest BCUT2D eigenvalue weighted by Crippen LogP contribution is -2.11. The summed E-state index contributed by atoms with van der Waals surface area (Å²) in [6.45, 7) is 0.314. The Labute approximate surface area is 129 Å². The Bertz CT molecular complexity index is 799. The number of carbonyl (C=O) groups is 1.